The van der Waals surface area contributed by atoms with Crippen molar-refractivity contribution in [2.45, 2.75) is 13.1 Å². The lowest BCUT2D eigenvalue weighted by atomic mass is 10.2. The van der Waals surface area contributed by atoms with Crippen LogP contribution in [0.15, 0.2) is 57.8 Å². The summed E-state index contributed by atoms with van der Waals surface area (Å²) in [6.45, 7) is 1.36. The number of oxazole rings is 1. The molecular weight excluding hydrogens is 268 g/mol. The molecular formula is C16H16N2O3. The van der Waals surface area contributed by atoms with Crippen LogP contribution in [0.25, 0.3) is 11.7 Å². The van der Waals surface area contributed by atoms with Gasteiger partial charge in [-0.25, -0.2) is 4.98 Å². The summed E-state index contributed by atoms with van der Waals surface area (Å²) in [7, 11) is 1.66. The number of benzene rings is 1. The fourth-order valence-electron chi connectivity index (χ4n) is 2.02. The maximum absolute atomic E-state index is 5.38. The van der Waals surface area contributed by atoms with Gasteiger partial charge in [0.25, 0.3) is 5.89 Å². The molecule has 5 nitrogen and oxygen atoms in total. The van der Waals surface area contributed by atoms with Crippen molar-refractivity contribution >= 4 is 0 Å². The number of aromatic nitrogens is 1. The van der Waals surface area contributed by atoms with Gasteiger partial charge < -0.3 is 18.9 Å². The molecule has 0 unspecified atom stereocenters. The Bertz CT molecular complexity index is 689. The second-order valence-electron chi connectivity index (χ2n) is 4.58. The number of nitrogens with zero attached hydrogens (tertiary/aromatic N) is 1. The molecule has 1 aromatic carbocycles. The molecule has 0 aliphatic rings. The zero-order valence-corrected chi connectivity index (χ0v) is 11.7. The highest BCUT2D eigenvalue weighted by Crippen LogP contribution is 2.18. The summed E-state index contributed by atoms with van der Waals surface area (Å²) in [5.74, 6) is 1.99. The van der Waals surface area contributed by atoms with E-state index in [1.165, 1.54) is 0 Å². The SMILES string of the molecule is COc1cccc(CNCc2coc(-c3ccco3)n2)c1. The minimum Gasteiger partial charge on any atom is -0.497 e. The largest absolute Gasteiger partial charge is 0.497 e. The molecule has 2 aromatic heterocycles. The molecule has 2 heterocycles. The van der Waals surface area contributed by atoms with Crippen LogP contribution >= 0.6 is 0 Å². The zero-order valence-electron chi connectivity index (χ0n) is 11.7. The van der Waals surface area contributed by atoms with Crippen LogP contribution in [-0.2, 0) is 13.1 Å². The predicted molar refractivity (Wildman–Crippen MR) is 77.7 cm³/mol. The number of hydrogen-bond donors (Lipinski definition) is 1. The molecule has 0 spiro atoms. The first-order chi connectivity index (χ1) is 10.3. The third-order valence-electron chi connectivity index (χ3n) is 3.05. The molecule has 1 N–H and O–H groups in total. The monoisotopic (exact) mass is 284 g/mol. The Morgan fingerprint density at radius 1 is 1.14 bits per heavy atom. The van der Waals surface area contributed by atoms with E-state index in [0.29, 0.717) is 18.2 Å². The highest BCUT2D eigenvalue weighted by molar-refractivity contribution is 5.43. The second-order valence-corrected chi connectivity index (χ2v) is 4.58. The Labute approximate surface area is 122 Å². The van der Waals surface area contributed by atoms with Crippen LogP contribution in [0.1, 0.15) is 11.3 Å². The van der Waals surface area contributed by atoms with Gasteiger partial charge in [0, 0.05) is 13.1 Å². The van der Waals surface area contributed by atoms with E-state index in [1.54, 1.807) is 25.7 Å². The van der Waals surface area contributed by atoms with Crippen LogP contribution in [0.4, 0.5) is 0 Å². The lowest BCUT2D eigenvalue weighted by molar-refractivity contribution is 0.414. The van der Waals surface area contributed by atoms with Crippen LogP contribution in [0.2, 0.25) is 0 Å². The summed E-state index contributed by atoms with van der Waals surface area (Å²) in [6.07, 6.45) is 3.23. The number of rotatable bonds is 6. The first kappa shape index (κ1) is 13.5. The van der Waals surface area contributed by atoms with E-state index >= 15 is 0 Å². The van der Waals surface area contributed by atoms with Crippen molar-refractivity contribution in [3.8, 4) is 17.4 Å². The van der Waals surface area contributed by atoms with Crippen molar-refractivity contribution in [3.05, 3.63) is 60.2 Å². The number of ether oxygens (including phenoxy) is 1. The van der Waals surface area contributed by atoms with E-state index in [4.69, 9.17) is 13.6 Å². The van der Waals surface area contributed by atoms with Crippen LogP contribution in [-0.4, -0.2) is 12.1 Å². The number of hydrogen-bond acceptors (Lipinski definition) is 5. The van der Waals surface area contributed by atoms with Gasteiger partial charge in [-0.15, -0.1) is 0 Å². The summed E-state index contributed by atoms with van der Waals surface area (Å²) in [6, 6.07) is 11.6. The molecule has 21 heavy (non-hydrogen) atoms. The minimum absolute atomic E-state index is 0.498. The topological polar surface area (TPSA) is 60.4 Å². The van der Waals surface area contributed by atoms with Gasteiger partial charge in [0.1, 0.15) is 12.0 Å². The molecule has 0 atom stereocenters. The summed E-state index contributed by atoms with van der Waals surface area (Å²) in [5.41, 5.74) is 1.99. The molecule has 0 bridgehead atoms. The summed E-state index contributed by atoms with van der Waals surface area (Å²) >= 11 is 0. The van der Waals surface area contributed by atoms with E-state index < -0.39 is 0 Å². The summed E-state index contributed by atoms with van der Waals surface area (Å²) < 4.78 is 15.8. The van der Waals surface area contributed by atoms with Gasteiger partial charge in [-0.3, -0.25) is 0 Å². The normalized spacial score (nSPS) is 10.7. The first-order valence-electron chi connectivity index (χ1n) is 6.67. The van der Waals surface area contributed by atoms with Crippen LogP contribution in [0, 0.1) is 0 Å². The van der Waals surface area contributed by atoms with E-state index in [9.17, 15) is 0 Å². The Balaban J connectivity index is 1.56. The highest BCUT2D eigenvalue weighted by atomic mass is 16.5. The average molecular weight is 284 g/mol. The fraction of sp³-hybridized carbons (Fsp3) is 0.188. The Morgan fingerprint density at radius 3 is 2.90 bits per heavy atom. The lowest BCUT2D eigenvalue weighted by Gasteiger charge is -2.05. The molecule has 0 amide bonds. The van der Waals surface area contributed by atoms with Crippen molar-refractivity contribution in [1.29, 1.82) is 0 Å². The maximum Gasteiger partial charge on any atom is 0.263 e. The molecule has 3 rings (SSSR count). The third-order valence-corrected chi connectivity index (χ3v) is 3.05. The lowest BCUT2D eigenvalue weighted by Crippen LogP contribution is -2.12. The van der Waals surface area contributed by atoms with E-state index in [0.717, 1.165) is 23.6 Å². The number of furan rings is 1. The standard InChI is InChI=1S/C16H16N2O3/c1-19-14-5-2-4-12(8-14)9-17-10-13-11-21-16(18-13)15-6-3-7-20-15/h2-8,11,17H,9-10H2,1H3. The van der Waals surface area contributed by atoms with E-state index in [2.05, 4.69) is 10.3 Å². The third kappa shape index (κ3) is 3.32. The second kappa shape index (κ2) is 6.28. The molecule has 0 aliphatic carbocycles. The van der Waals surface area contributed by atoms with Gasteiger partial charge in [0.15, 0.2) is 5.76 Å². The molecule has 0 radical (unpaired) electrons. The molecule has 5 heteroatoms. The van der Waals surface area contributed by atoms with Gasteiger partial charge >= 0.3 is 0 Å². The van der Waals surface area contributed by atoms with Crippen molar-refractivity contribution in [2.24, 2.45) is 0 Å². The van der Waals surface area contributed by atoms with Crippen LogP contribution in [0.5, 0.6) is 5.75 Å². The van der Waals surface area contributed by atoms with Crippen LogP contribution in [0.3, 0.4) is 0 Å². The van der Waals surface area contributed by atoms with Gasteiger partial charge in [-0.05, 0) is 29.8 Å². The molecule has 0 fully saturated rings. The van der Waals surface area contributed by atoms with Gasteiger partial charge in [0.05, 0.1) is 19.1 Å². The maximum atomic E-state index is 5.38. The fourth-order valence-corrected chi connectivity index (χ4v) is 2.02. The Kier molecular flexibility index (Phi) is 4.02. The smallest absolute Gasteiger partial charge is 0.263 e. The quantitative estimate of drug-likeness (QED) is 0.753. The zero-order chi connectivity index (χ0) is 14.5. The summed E-state index contributed by atoms with van der Waals surface area (Å²) in [4.78, 5) is 4.37. The number of methoxy groups -OCH3 is 1. The Morgan fingerprint density at radius 2 is 2.10 bits per heavy atom. The van der Waals surface area contributed by atoms with Crippen molar-refractivity contribution in [1.82, 2.24) is 10.3 Å². The molecule has 0 saturated heterocycles. The van der Waals surface area contributed by atoms with Gasteiger partial charge in [-0.2, -0.15) is 0 Å². The van der Waals surface area contributed by atoms with Crippen molar-refractivity contribution in [3.63, 3.8) is 0 Å². The highest BCUT2D eigenvalue weighted by Gasteiger charge is 2.08. The predicted octanol–water partition coefficient (Wildman–Crippen LogP) is 3.23. The molecule has 0 saturated carbocycles. The average Bonchev–Trinajstić information content (AvgIpc) is 3.18. The molecule has 108 valence electrons. The van der Waals surface area contributed by atoms with Crippen molar-refractivity contribution < 1.29 is 13.6 Å². The van der Waals surface area contributed by atoms with Crippen LogP contribution < -0.4 is 10.1 Å². The van der Waals surface area contributed by atoms with Crippen molar-refractivity contribution in [2.75, 3.05) is 7.11 Å². The van der Waals surface area contributed by atoms with E-state index in [-0.39, 0.29) is 0 Å². The number of nitrogens with one attached hydrogen (secondary N) is 1. The van der Waals surface area contributed by atoms with Gasteiger partial charge in [0.2, 0.25) is 0 Å². The first-order valence-corrected chi connectivity index (χ1v) is 6.67. The van der Waals surface area contributed by atoms with Gasteiger partial charge in [-0.1, -0.05) is 12.1 Å². The minimum atomic E-state index is 0.498. The Hall–Kier alpha value is -2.53. The summed E-state index contributed by atoms with van der Waals surface area (Å²) in [5, 5.41) is 3.32. The van der Waals surface area contributed by atoms with E-state index in [1.807, 2.05) is 30.3 Å². The molecule has 0 aliphatic heterocycles. The molecule has 3 aromatic rings.